The Balaban J connectivity index is 1.35. The Morgan fingerprint density at radius 1 is 1.03 bits per heavy atom. The third-order valence-electron chi connectivity index (χ3n) is 5.60. The fourth-order valence-electron chi connectivity index (χ4n) is 3.71. The van der Waals surface area contributed by atoms with Crippen LogP contribution in [-0.2, 0) is 11.2 Å². The standard InChI is InChI=1S/C24H30N2O3/c1-18-3-7-21(8-4-18)24(28)26-15-12-19(13-16-26)11-14-25-23(27)17-20-5-9-22(29-2)10-6-20/h3-10,19H,11-17H2,1-2H3,(H,25,27). The highest BCUT2D eigenvalue weighted by atomic mass is 16.5. The van der Waals surface area contributed by atoms with Crippen molar-refractivity contribution in [1.82, 2.24) is 10.2 Å². The number of amides is 2. The Bertz CT molecular complexity index is 807. The number of carbonyl (C=O) groups is 2. The topological polar surface area (TPSA) is 58.6 Å². The summed E-state index contributed by atoms with van der Waals surface area (Å²) in [5.74, 6) is 1.51. The number of nitrogens with one attached hydrogen (secondary N) is 1. The lowest BCUT2D eigenvalue weighted by Gasteiger charge is -2.32. The van der Waals surface area contributed by atoms with Crippen molar-refractivity contribution >= 4 is 11.8 Å². The van der Waals surface area contributed by atoms with Crippen LogP contribution in [0.25, 0.3) is 0 Å². The van der Waals surface area contributed by atoms with Crippen molar-refractivity contribution in [3.63, 3.8) is 0 Å². The van der Waals surface area contributed by atoms with Crippen LogP contribution in [0.5, 0.6) is 5.75 Å². The number of benzene rings is 2. The van der Waals surface area contributed by atoms with E-state index in [4.69, 9.17) is 4.74 Å². The zero-order chi connectivity index (χ0) is 20.6. The molecule has 0 spiro atoms. The molecule has 0 saturated carbocycles. The quantitative estimate of drug-likeness (QED) is 0.781. The van der Waals surface area contributed by atoms with Crippen molar-refractivity contribution in [3.8, 4) is 5.75 Å². The summed E-state index contributed by atoms with van der Waals surface area (Å²) >= 11 is 0. The zero-order valence-electron chi connectivity index (χ0n) is 17.3. The summed E-state index contributed by atoms with van der Waals surface area (Å²) in [5.41, 5.74) is 2.90. The maximum atomic E-state index is 12.6. The second-order valence-electron chi connectivity index (χ2n) is 7.77. The summed E-state index contributed by atoms with van der Waals surface area (Å²) in [6, 6.07) is 15.3. The molecule has 5 nitrogen and oxygen atoms in total. The molecule has 154 valence electrons. The van der Waals surface area contributed by atoms with Gasteiger partial charge in [0, 0.05) is 25.2 Å². The van der Waals surface area contributed by atoms with Crippen molar-refractivity contribution in [2.24, 2.45) is 5.92 Å². The number of aryl methyl sites for hydroxylation is 1. The van der Waals surface area contributed by atoms with Crippen LogP contribution in [0.3, 0.4) is 0 Å². The Morgan fingerprint density at radius 3 is 2.31 bits per heavy atom. The number of nitrogens with zero attached hydrogens (tertiary/aromatic N) is 1. The maximum absolute atomic E-state index is 12.6. The van der Waals surface area contributed by atoms with Gasteiger partial charge in [-0.2, -0.15) is 0 Å². The number of likely N-dealkylation sites (tertiary alicyclic amines) is 1. The van der Waals surface area contributed by atoms with E-state index in [1.54, 1.807) is 7.11 Å². The number of hydrogen-bond donors (Lipinski definition) is 1. The Hall–Kier alpha value is -2.82. The number of ether oxygens (including phenoxy) is 1. The molecule has 0 aromatic heterocycles. The number of methoxy groups -OCH3 is 1. The van der Waals surface area contributed by atoms with Crippen molar-refractivity contribution < 1.29 is 14.3 Å². The minimum atomic E-state index is 0.0437. The molecule has 29 heavy (non-hydrogen) atoms. The van der Waals surface area contributed by atoms with Crippen LogP contribution in [0.2, 0.25) is 0 Å². The fourth-order valence-corrected chi connectivity index (χ4v) is 3.71. The molecule has 0 radical (unpaired) electrons. The maximum Gasteiger partial charge on any atom is 0.253 e. The normalized spacial score (nSPS) is 14.5. The average molecular weight is 395 g/mol. The summed E-state index contributed by atoms with van der Waals surface area (Å²) in [5, 5.41) is 3.02. The summed E-state index contributed by atoms with van der Waals surface area (Å²) < 4.78 is 5.13. The van der Waals surface area contributed by atoms with Gasteiger partial charge in [0.15, 0.2) is 0 Å². The Labute approximate surface area is 173 Å². The van der Waals surface area contributed by atoms with Crippen LogP contribution < -0.4 is 10.1 Å². The molecule has 1 N–H and O–H groups in total. The lowest BCUT2D eigenvalue weighted by molar-refractivity contribution is -0.120. The number of rotatable bonds is 7. The van der Waals surface area contributed by atoms with Gasteiger partial charge in [0.1, 0.15) is 5.75 Å². The molecule has 5 heteroatoms. The van der Waals surface area contributed by atoms with E-state index in [1.165, 1.54) is 0 Å². The first-order valence-electron chi connectivity index (χ1n) is 10.3. The molecular formula is C24H30N2O3. The first-order chi connectivity index (χ1) is 14.0. The number of piperidine rings is 1. The second-order valence-corrected chi connectivity index (χ2v) is 7.77. The van der Waals surface area contributed by atoms with E-state index < -0.39 is 0 Å². The van der Waals surface area contributed by atoms with E-state index in [0.29, 0.717) is 18.9 Å². The number of carbonyl (C=O) groups excluding carboxylic acids is 2. The molecule has 1 heterocycles. The molecule has 1 fully saturated rings. The van der Waals surface area contributed by atoms with Gasteiger partial charge >= 0.3 is 0 Å². The van der Waals surface area contributed by atoms with E-state index in [1.807, 2.05) is 60.4 Å². The molecule has 3 rings (SSSR count). The van der Waals surface area contributed by atoms with Gasteiger partial charge in [0.05, 0.1) is 13.5 Å². The predicted octanol–water partition coefficient (Wildman–Crippen LogP) is 3.60. The molecule has 1 aliphatic rings. The molecule has 0 atom stereocenters. The third kappa shape index (κ3) is 6.08. The van der Waals surface area contributed by atoms with Crippen LogP contribution >= 0.6 is 0 Å². The molecule has 0 unspecified atom stereocenters. The van der Waals surface area contributed by atoms with Gasteiger partial charge in [-0.3, -0.25) is 9.59 Å². The fraction of sp³-hybridized carbons (Fsp3) is 0.417. The van der Waals surface area contributed by atoms with Crippen LogP contribution in [0.4, 0.5) is 0 Å². The van der Waals surface area contributed by atoms with Crippen molar-refractivity contribution in [3.05, 3.63) is 65.2 Å². The Kier molecular flexibility index (Phi) is 7.28. The first-order valence-corrected chi connectivity index (χ1v) is 10.3. The average Bonchev–Trinajstić information content (AvgIpc) is 2.75. The largest absolute Gasteiger partial charge is 0.497 e. The van der Waals surface area contributed by atoms with Gasteiger partial charge in [-0.25, -0.2) is 0 Å². The zero-order valence-corrected chi connectivity index (χ0v) is 17.3. The van der Waals surface area contributed by atoms with Gasteiger partial charge in [-0.1, -0.05) is 29.8 Å². The van der Waals surface area contributed by atoms with Crippen LogP contribution in [0.1, 0.15) is 40.7 Å². The predicted molar refractivity (Wildman–Crippen MR) is 114 cm³/mol. The number of hydrogen-bond acceptors (Lipinski definition) is 3. The molecule has 2 amide bonds. The summed E-state index contributed by atoms with van der Waals surface area (Å²) in [7, 11) is 1.63. The van der Waals surface area contributed by atoms with Crippen LogP contribution in [0.15, 0.2) is 48.5 Å². The summed E-state index contributed by atoms with van der Waals surface area (Å²) in [6.45, 7) is 4.29. The van der Waals surface area contributed by atoms with E-state index in [9.17, 15) is 9.59 Å². The monoisotopic (exact) mass is 394 g/mol. The van der Waals surface area contributed by atoms with Crippen LogP contribution in [-0.4, -0.2) is 43.5 Å². The third-order valence-corrected chi connectivity index (χ3v) is 5.60. The highest BCUT2D eigenvalue weighted by molar-refractivity contribution is 5.94. The minimum Gasteiger partial charge on any atom is -0.497 e. The molecular weight excluding hydrogens is 364 g/mol. The molecule has 2 aromatic carbocycles. The molecule has 2 aromatic rings. The Morgan fingerprint density at radius 2 is 1.69 bits per heavy atom. The van der Waals surface area contributed by atoms with Crippen molar-refractivity contribution in [2.75, 3.05) is 26.7 Å². The summed E-state index contributed by atoms with van der Waals surface area (Å²) in [4.78, 5) is 26.7. The van der Waals surface area contributed by atoms with E-state index in [0.717, 1.165) is 54.8 Å². The first kappa shape index (κ1) is 20.9. The highest BCUT2D eigenvalue weighted by Gasteiger charge is 2.23. The van der Waals surface area contributed by atoms with Gasteiger partial charge < -0.3 is 15.0 Å². The van der Waals surface area contributed by atoms with Crippen molar-refractivity contribution in [1.29, 1.82) is 0 Å². The molecule has 0 aliphatic carbocycles. The van der Waals surface area contributed by atoms with E-state index in [-0.39, 0.29) is 11.8 Å². The molecule has 0 bridgehead atoms. The molecule has 1 aliphatic heterocycles. The SMILES string of the molecule is COc1ccc(CC(=O)NCCC2CCN(C(=O)c3ccc(C)cc3)CC2)cc1. The van der Waals surface area contributed by atoms with Crippen LogP contribution in [0, 0.1) is 12.8 Å². The van der Waals surface area contributed by atoms with Gasteiger partial charge in [-0.05, 0) is 61.9 Å². The second kappa shape index (κ2) is 10.1. The smallest absolute Gasteiger partial charge is 0.253 e. The minimum absolute atomic E-state index is 0.0437. The lowest BCUT2D eigenvalue weighted by Crippen LogP contribution is -2.39. The lowest BCUT2D eigenvalue weighted by atomic mass is 9.93. The van der Waals surface area contributed by atoms with Gasteiger partial charge in [-0.15, -0.1) is 0 Å². The van der Waals surface area contributed by atoms with Gasteiger partial charge in [0.25, 0.3) is 5.91 Å². The van der Waals surface area contributed by atoms with Gasteiger partial charge in [0.2, 0.25) is 5.91 Å². The van der Waals surface area contributed by atoms with E-state index in [2.05, 4.69) is 5.32 Å². The van der Waals surface area contributed by atoms with E-state index >= 15 is 0 Å². The molecule has 1 saturated heterocycles. The summed E-state index contributed by atoms with van der Waals surface area (Å²) in [6.07, 6.45) is 3.33. The highest BCUT2D eigenvalue weighted by Crippen LogP contribution is 2.21. The van der Waals surface area contributed by atoms with Crippen molar-refractivity contribution in [2.45, 2.75) is 32.6 Å².